The summed E-state index contributed by atoms with van der Waals surface area (Å²) in [6, 6.07) is 7.14. The second kappa shape index (κ2) is 7.15. The van der Waals surface area contributed by atoms with Crippen LogP contribution in [0.4, 0.5) is 4.79 Å². The van der Waals surface area contributed by atoms with Gasteiger partial charge in [0.05, 0.1) is 0 Å². The van der Waals surface area contributed by atoms with Crippen molar-refractivity contribution < 1.29 is 14.4 Å². The molecule has 25 heavy (non-hydrogen) atoms. The normalized spacial score (nSPS) is 26.0. The van der Waals surface area contributed by atoms with Gasteiger partial charge in [-0.25, -0.2) is 4.79 Å². The van der Waals surface area contributed by atoms with Gasteiger partial charge in [-0.05, 0) is 49.3 Å². The van der Waals surface area contributed by atoms with Crippen LogP contribution in [0.25, 0.3) is 0 Å². The molecule has 2 aliphatic rings. The Hall–Kier alpha value is -1.89. The van der Waals surface area contributed by atoms with Gasteiger partial charge in [0.15, 0.2) is 0 Å². The number of amides is 4. The van der Waals surface area contributed by atoms with Crippen LogP contribution < -0.4 is 10.6 Å². The molecule has 2 fully saturated rings. The lowest BCUT2D eigenvalue weighted by Gasteiger charge is -2.33. The molecular weight excluding hydrogens is 386 g/mol. The highest BCUT2D eigenvalue weighted by Gasteiger charge is 2.52. The number of nitrogens with zero attached hydrogens (tertiary/aromatic N) is 1. The fraction of sp³-hybridized carbons (Fsp3) is 0.500. The molecule has 1 aromatic carbocycles. The van der Waals surface area contributed by atoms with Crippen LogP contribution in [0.5, 0.6) is 0 Å². The first-order valence-electron chi connectivity index (χ1n) is 8.55. The van der Waals surface area contributed by atoms with Gasteiger partial charge in [0.1, 0.15) is 12.1 Å². The highest BCUT2D eigenvalue weighted by atomic mass is 79.9. The molecule has 1 heterocycles. The Balaban J connectivity index is 1.58. The van der Waals surface area contributed by atoms with Gasteiger partial charge in [0.2, 0.25) is 5.91 Å². The van der Waals surface area contributed by atoms with E-state index in [0.29, 0.717) is 25.3 Å². The predicted octanol–water partition coefficient (Wildman–Crippen LogP) is 2.57. The van der Waals surface area contributed by atoms with E-state index in [1.54, 1.807) is 0 Å². The number of carbonyl (C=O) groups is 3. The molecule has 0 radical (unpaired) electrons. The third-order valence-corrected chi connectivity index (χ3v) is 5.55. The highest BCUT2D eigenvalue weighted by Crippen LogP contribution is 2.36. The number of hydrogen-bond donors (Lipinski definition) is 2. The van der Waals surface area contributed by atoms with Crippen molar-refractivity contribution in [3.63, 3.8) is 0 Å². The largest absolute Gasteiger partial charge is 0.350 e. The van der Waals surface area contributed by atoms with Crippen molar-refractivity contribution in [1.29, 1.82) is 0 Å². The number of halogens is 1. The monoisotopic (exact) mass is 407 g/mol. The summed E-state index contributed by atoms with van der Waals surface area (Å²) in [6.45, 7) is 2.27. The first-order chi connectivity index (χ1) is 11.9. The zero-order valence-corrected chi connectivity index (χ0v) is 15.8. The summed E-state index contributed by atoms with van der Waals surface area (Å²) in [7, 11) is 0. The number of carbonyl (C=O) groups excluding carboxylic acids is 3. The number of imide groups is 1. The number of urea groups is 1. The van der Waals surface area contributed by atoms with Crippen LogP contribution in [0.15, 0.2) is 28.7 Å². The van der Waals surface area contributed by atoms with Crippen molar-refractivity contribution in [2.45, 2.75) is 44.7 Å². The fourth-order valence-corrected chi connectivity index (χ4v) is 3.91. The summed E-state index contributed by atoms with van der Waals surface area (Å²) in [5.41, 5.74) is 0.145. The Labute approximate surface area is 155 Å². The molecule has 1 saturated carbocycles. The SMILES string of the molecule is CC1CCC2(CC1)NC(=O)N(CC(=O)NCc1cccc(Br)c1)C2=O. The van der Waals surface area contributed by atoms with E-state index in [4.69, 9.17) is 0 Å². The molecule has 6 nitrogen and oxygen atoms in total. The lowest BCUT2D eigenvalue weighted by Crippen LogP contribution is -2.49. The fourth-order valence-electron chi connectivity index (χ4n) is 3.46. The minimum Gasteiger partial charge on any atom is -0.350 e. The molecule has 1 aliphatic carbocycles. The van der Waals surface area contributed by atoms with E-state index in [1.807, 2.05) is 24.3 Å². The Morgan fingerprint density at radius 2 is 2.08 bits per heavy atom. The third kappa shape index (κ3) is 3.86. The minimum absolute atomic E-state index is 0.240. The van der Waals surface area contributed by atoms with Crippen molar-refractivity contribution in [2.24, 2.45) is 5.92 Å². The second-order valence-corrected chi connectivity index (χ2v) is 7.91. The molecule has 1 aromatic rings. The molecule has 1 saturated heterocycles. The second-order valence-electron chi connectivity index (χ2n) is 6.99. The highest BCUT2D eigenvalue weighted by molar-refractivity contribution is 9.10. The van der Waals surface area contributed by atoms with E-state index in [-0.39, 0.29) is 18.4 Å². The summed E-state index contributed by atoms with van der Waals surface area (Å²) in [6.07, 6.45) is 3.12. The van der Waals surface area contributed by atoms with Crippen molar-refractivity contribution in [2.75, 3.05) is 6.54 Å². The topological polar surface area (TPSA) is 78.5 Å². The van der Waals surface area contributed by atoms with Gasteiger partial charge in [-0.1, -0.05) is 35.0 Å². The van der Waals surface area contributed by atoms with Gasteiger partial charge in [0.25, 0.3) is 5.91 Å². The minimum atomic E-state index is -0.797. The van der Waals surface area contributed by atoms with Crippen LogP contribution in [0.3, 0.4) is 0 Å². The Kier molecular flexibility index (Phi) is 5.13. The van der Waals surface area contributed by atoms with Gasteiger partial charge in [0, 0.05) is 11.0 Å². The van der Waals surface area contributed by atoms with Crippen LogP contribution >= 0.6 is 15.9 Å². The van der Waals surface area contributed by atoms with E-state index in [0.717, 1.165) is 27.8 Å². The van der Waals surface area contributed by atoms with E-state index >= 15 is 0 Å². The van der Waals surface area contributed by atoms with Crippen molar-refractivity contribution in [3.8, 4) is 0 Å². The van der Waals surface area contributed by atoms with Gasteiger partial charge in [-0.3, -0.25) is 14.5 Å². The predicted molar refractivity (Wildman–Crippen MR) is 96.6 cm³/mol. The number of nitrogens with one attached hydrogen (secondary N) is 2. The maximum absolute atomic E-state index is 12.7. The van der Waals surface area contributed by atoms with E-state index in [9.17, 15) is 14.4 Å². The molecule has 1 aliphatic heterocycles. The average molecular weight is 408 g/mol. The zero-order valence-electron chi connectivity index (χ0n) is 14.2. The van der Waals surface area contributed by atoms with Gasteiger partial charge in [-0.2, -0.15) is 0 Å². The Bertz CT molecular complexity index is 699. The number of hydrogen-bond acceptors (Lipinski definition) is 3. The summed E-state index contributed by atoms with van der Waals surface area (Å²) >= 11 is 3.38. The first-order valence-corrected chi connectivity index (χ1v) is 9.34. The summed E-state index contributed by atoms with van der Waals surface area (Å²) in [5, 5.41) is 5.59. The molecule has 2 N–H and O–H groups in total. The van der Waals surface area contributed by atoms with Crippen LogP contribution in [0.2, 0.25) is 0 Å². The summed E-state index contributed by atoms with van der Waals surface area (Å²) in [4.78, 5) is 38.1. The van der Waals surface area contributed by atoms with Crippen LogP contribution in [-0.4, -0.2) is 34.8 Å². The molecule has 0 atom stereocenters. The maximum Gasteiger partial charge on any atom is 0.325 e. The molecule has 3 rings (SSSR count). The van der Waals surface area contributed by atoms with Crippen molar-refractivity contribution >= 4 is 33.8 Å². The van der Waals surface area contributed by atoms with E-state index < -0.39 is 11.6 Å². The summed E-state index contributed by atoms with van der Waals surface area (Å²) < 4.78 is 0.932. The molecule has 0 unspecified atom stereocenters. The molecule has 134 valence electrons. The maximum atomic E-state index is 12.7. The van der Waals surface area contributed by atoms with Crippen LogP contribution in [0, 0.1) is 5.92 Å². The molecule has 1 spiro atoms. The van der Waals surface area contributed by atoms with Crippen molar-refractivity contribution in [1.82, 2.24) is 15.5 Å². The van der Waals surface area contributed by atoms with Crippen molar-refractivity contribution in [3.05, 3.63) is 34.3 Å². The third-order valence-electron chi connectivity index (χ3n) is 5.05. The first kappa shape index (κ1) is 17.9. The number of rotatable bonds is 4. The Morgan fingerprint density at radius 1 is 1.36 bits per heavy atom. The number of benzene rings is 1. The van der Waals surface area contributed by atoms with Gasteiger partial charge >= 0.3 is 6.03 Å². The Morgan fingerprint density at radius 3 is 2.76 bits per heavy atom. The lowest BCUT2D eigenvalue weighted by molar-refractivity contribution is -0.136. The van der Waals surface area contributed by atoms with E-state index in [1.165, 1.54) is 0 Å². The molecule has 4 amide bonds. The summed E-state index contributed by atoms with van der Waals surface area (Å²) in [5.74, 6) is -0.0374. The lowest BCUT2D eigenvalue weighted by atomic mass is 9.77. The molecule has 7 heteroatoms. The molecule has 0 aromatic heterocycles. The quantitative estimate of drug-likeness (QED) is 0.752. The standard InChI is InChI=1S/C18H22BrN3O3/c1-12-5-7-18(8-6-12)16(24)22(17(25)21-18)11-15(23)20-10-13-3-2-4-14(19)9-13/h2-4,9,12H,5-8,10-11H2,1H3,(H,20,23)(H,21,25). The van der Waals surface area contributed by atoms with E-state index in [2.05, 4.69) is 33.5 Å². The zero-order chi connectivity index (χ0) is 18.0. The molecular formula is C18H22BrN3O3. The smallest absolute Gasteiger partial charge is 0.325 e. The average Bonchev–Trinajstić information content (AvgIpc) is 2.80. The van der Waals surface area contributed by atoms with Gasteiger partial charge < -0.3 is 10.6 Å². The van der Waals surface area contributed by atoms with Gasteiger partial charge in [-0.15, -0.1) is 0 Å². The van der Waals surface area contributed by atoms with Crippen LogP contribution in [-0.2, 0) is 16.1 Å². The molecule has 0 bridgehead atoms. The van der Waals surface area contributed by atoms with Crippen LogP contribution in [0.1, 0.15) is 38.2 Å².